The van der Waals surface area contributed by atoms with E-state index in [4.69, 9.17) is 0 Å². The van der Waals surface area contributed by atoms with Crippen LogP contribution < -0.4 is 0 Å². The SMILES string of the molecule is CC1=C[C@@H]2[C@@H](C(C)C)CC[C@@](C)(C(=O)O)[C@H]2CC1. The highest BCUT2D eigenvalue weighted by Gasteiger charge is 2.51. The Balaban J connectivity index is 2.35. The number of carboxylic acid groups (broad SMARTS) is 1. The minimum absolute atomic E-state index is 0.333. The van der Waals surface area contributed by atoms with Crippen LogP contribution in [0.4, 0.5) is 0 Å². The number of carbonyl (C=O) groups is 1. The molecule has 0 radical (unpaired) electrons. The molecular weight excluding hydrogens is 224 g/mol. The molecule has 1 fully saturated rings. The van der Waals surface area contributed by atoms with Crippen LogP contribution in [-0.2, 0) is 4.79 Å². The van der Waals surface area contributed by atoms with Gasteiger partial charge in [-0.15, -0.1) is 0 Å². The first-order chi connectivity index (χ1) is 8.36. The fourth-order valence-corrected chi connectivity index (χ4v) is 4.16. The van der Waals surface area contributed by atoms with Crippen LogP contribution in [0.15, 0.2) is 11.6 Å². The van der Waals surface area contributed by atoms with Crippen molar-refractivity contribution in [2.24, 2.45) is 29.1 Å². The van der Waals surface area contributed by atoms with Crippen molar-refractivity contribution in [2.75, 3.05) is 0 Å². The molecule has 0 aliphatic heterocycles. The van der Waals surface area contributed by atoms with Gasteiger partial charge < -0.3 is 5.11 Å². The smallest absolute Gasteiger partial charge is 0.309 e. The molecule has 2 heteroatoms. The number of hydrogen-bond donors (Lipinski definition) is 1. The zero-order valence-corrected chi connectivity index (χ0v) is 12.1. The summed E-state index contributed by atoms with van der Waals surface area (Å²) >= 11 is 0. The summed E-state index contributed by atoms with van der Waals surface area (Å²) in [6, 6.07) is 0. The van der Waals surface area contributed by atoms with E-state index in [1.807, 2.05) is 6.92 Å². The Bertz CT molecular complexity index is 369. The Morgan fingerprint density at radius 1 is 1.44 bits per heavy atom. The highest BCUT2D eigenvalue weighted by atomic mass is 16.4. The van der Waals surface area contributed by atoms with Crippen molar-refractivity contribution >= 4 is 5.97 Å². The van der Waals surface area contributed by atoms with E-state index in [-0.39, 0.29) is 0 Å². The number of fused-ring (bicyclic) bond motifs is 1. The van der Waals surface area contributed by atoms with Crippen LogP contribution in [0.1, 0.15) is 53.4 Å². The second-order valence-electron chi connectivity index (χ2n) is 6.90. The predicted molar refractivity (Wildman–Crippen MR) is 73.3 cm³/mol. The zero-order chi connectivity index (χ0) is 13.5. The highest BCUT2D eigenvalue weighted by Crippen LogP contribution is 2.53. The Morgan fingerprint density at radius 2 is 2.11 bits per heavy atom. The second kappa shape index (κ2) is 4.71. The quantitative estimate of drug-likeness (QED) is 0.749. The van der Waals surface area contributed by atoms with Gasteiger partial charge in [-0.25, -0.2) is 0 Å². The lowest BCUT2D eigenvalue weighted by molar-refractivity contribution is -0.157. The summed E-state index contributed by atoms with van der Waals surface area (Å²) in [5.41, 5.74) is 0.948. The molecular formula is C16H26O2. The summed E-state index contributed by atoms with van der Waals surface area (Å²) in [6.45, 7) is 8.73. The maximum absolute atomic E-state index is 11.7. The summed E-state index contributed by atoms with van der Waals surface area (Å²) in [6.07, 6.45) is 6.43. The molecule has 18 heavy (non-hydrogen) atoms. The first-order valence-electron chi connectivity index (χ1n) is 7.27. The molecule has 0 aromatic rings. The lowest BCUT2D eigenvalue weighted by Gasteiger charge is -2.49. The van der Waals surface area contributed by atoms with E-state index in [9.17, 15) is 9.90 Å². The lowest BCUT2D eigenvalue weighted by Crippen LogP contribution is -2.47. The van der Waals surface area contributed by atoms with Crippen molar-refractivity contribution in [1.82, 2.24) is 0 Å². The summed E-state index contributed by atoms with van der Waals surface area (Å²) < 4.78 is 0. The van der Waals surface area contributed by atoms with Crippen molar-refractivity contribution in [3.05, 3.63) is 11.6 Å². The fraction of sp³-hybridized carbons (Fsp3) is 0.812. The molecule has 102 valence electrons. The molecule has 0 aromatic carbocycles. The lowest BCUT2D eigenvalue weighted by atomic mass is 9.54. The van der Waals surface area contributed by atoms with Crippen LogP contribution in [0.5, 0.6) is 0 Å². The average molecular weight is 250 g/mol. The van der Waals surface area contributed by atoms with Gasteiger partial charge in [0, 0.05) is 0 Å². The second-order valence-corrected chi connectivity index (χ2v) is 6.90. The van der Waals surface area contributed by atoms with E-state index in [0.29, 0.717) is 23.7 Å². The molecule has 0 saturated heterocycles. The average Bonchev–Trinajstić information content (AvgIpc) is 2.28. The van der Waals surface area contributed by atoms with Gasteiger partial charge in [-0.1, -0.05) is 25.5 Å². The van der Waals surface area contributed by atoms with Crippen molar-refractivity contribution in [3.8, 4) is 0 Å². The minimum atomic E-state index is -0.590. The number of carboxylic acids is 1. The number of allylic oxidation sites excluding steroid dienone is 2. The van der Waals surface area contributed by atoms with Gasteiger partial charge in [0.25, 0.3) is 0 Å². The van der Waals surface area contributed by atoms with Crippen LogP contribution in [0.2, 0.25) is 0 Å². The molecule has 2 nitrogen and oxygen atoms in total. The first-order valence-corrected chi connectivity index (χ1v) is 7.27. The molecule has 2 aliphatic rings. The molecule has 0 amide bonds. The number of aliphatic carboxylic acids is 1. The molecule has 0 heterocycles. The topological polar surface area (TPSA) is 37.3 Å². The molecule has 2 rings (SSSR count). The standard InChI is InChI=1S/C16H26O2/c1-10(2)12-7-8-16(4,15(17)18)14-6-5-11(3)9-13(12)14/h9-10,12-14H,5-8H2,1-4H3,(H,17,18)/t12-,13-,14+,16-/m1/s1. The van der Waals surface area contributed by atoms with Crippen LogP contribution in [-0.4, -0.2) is 11.1 Å². The minimum Gasteiger partial charge on any atom is -0.481 e. The van der Waals surface area contributed by atoms with Crippen molar-refractivity contribution in [3.63, 3.8) is 0 Å². The van der Waals surface area contributed by atoms with Gasteiger partial charge in [-0.2, -0.15) is 0 Å². The van der Waals surface area contributed by atoms with Crippen molar-refractivity contribution < 1.29 is 9.90 Å². The van der Waals surface area contributed by atoms with Crippen LogP contribution in [0, 0.1) is 29.1 Å². The van der Waals surface area contributed by atoms with Gasteiger partial charge in [0.15, 0.2) is 0 Å². The molecule has 2 aliphatic carbocycles. The molecule has 4 atom stereocenters. The van der Waals surface area contributed by atoms with E-state index in [0.717, 1.165) is 25.7 Å². The fourth-order valence-electron chi connectivity index (χ4n) is 4.16. The largest absolute Gasteiger partial charge is 0.481 e. The third-order valence-electron chi connectivity index (χ3n) is 5.45. The molecule has 0 unspecified atom stereocenters. The van der Waals surface area contributed by atoms with E-state index >= 15 is 0 Å². The highest BCUT2D eigenvalue weighted by molar-refractivity contribution is 5.75. The van der Waals surface area contributed by atoms with Crippen LogP contribution >= 0.6 is 0 Å². The van der Waals surface area contributed by atoms with Crippen LogP contribution in [0.3, 0.4) is 0 Å². The third-order valence-corrected chi connectivity index (χ3v) is 5.45. The molecule has 0 spiro atoms. The summed E-state index contributed by atoms with van der Waals surface area (Å²) in [4.78, 5) is 11.7. The van der Waals surface area contributed by atoms with Crippen molar-refractivity contribution in [2.45, 2.75) is 53.4 Å². The van der Waals surface area contributed by atoms with Gasteiger partial charge in [-0.05, 0) is 63.2 Å². The number of rotatable bonds is 2. The monoisotopic (exact) mass is 250 g/mol. The van der Waals surface area contributed by atoms with Crippen molar-refractivity contribution in [1.29, 1.82) is 0 Å². The van der Waals surface area contributed by atoms with E-state index < -0.39 is 11.4 Å². The van der Waals surface area contributed by atoms with Gasteiger partial charge in [0.2, 0.25) is 0 Å². The Kier molecular flexibility index (Phi) is 3.57. The third kappa shape index (κ3) is 2.10. The van der Waals surface area contributed by atoms with Gasteiger partial charge >= 0.3 is 5.97 Å². The van der Waals surface area contributed by atoms with E-state index in [2.05, 4.69) is 26.8 Å². The first kappa shape index (κ1) is 13.6. The molecule has 1 saturated carbocycles. The zero-order valence-electron chi connectivity index (χ0n) is 12.1. The normalized spacial score (nSPS) is 40.3. The van der Waals surface area contributed by atoms with E-state index in [1.165, 1.54) is 5.57 Å². The number of hydrogen-bond acceptors (Lipinski definition) is 1. The van der Waals surface area contributed by atoms with E-state index in [1.54, 1.807) is 0 Å². The maximum Gasteiger partial charge on any atom is 0.309 e. The van der Waals surface area contributed by atoms with Gasteiger partial charge in [-0.3, -0.25) is 4.79 Å². The summed E-state index contributed by atoms with van der Waals surface area (Å²) in [5, 5.41) is 9.61. The van der Waals surface area contributed by atoms with Gasteiger partial charge in [0.05, 0.1) is 5.41 Å². The van der Waals surface area contributed by atoms with Gasteiger partial charge in [0.1, 0.15) is 0 Å². The molecule has 0 aromatic heterocycles. The Morgan fingerprint density at radius 3 is 2.67 bits per heavy atom. The van der Waals surface area contributed by atoms with Crippen LogP contribution in [0.25, 0.3) is 0 Å². The summed E-state index contributed by atoms with van der Waals surface area (Å²) in [5.74, 6) is 1.54. The Hall–Kier alpha value is -0.790. The summed E-state index contributed by atoms with van der Waals surface area (Å²) in [7, 11) is 0. The molecule has 1 N–H and O–H groups in total. The predicted octanol–water partition coefficient (Wildman–Crippen LogP) is 4.12. The maximum atomic E-state index is 11.7. The molecule has 0 bridgehead atoms. The Labute approximate surface area is 110 Å².